The smallest absolute Gasteiger partial charge is 0.482 e. The van der Waals surface area contributed by atoms with Gasteiger partial charge in [-0.15, -0.1) is 0 Å². The van der Waals surface area contributed by atoms with Gasteiger partial charge in [-0.3, -0.25) is 0 Å². The number of benzene rings is 1. The summed E-state index contributed by atoms with van der Waals surface area (Å²) in [4.78, 5) is 23.4. The summed E-state index contributed by atoms with van der Waals surface area (Å²) >= 11 is 0. The molecule has 32 heavy (non-hydrogen) atoms. The lowest BCUT2D eigenvalue weighted by Gasteiger charge is -2.32. The molecule has 0 unspecified atom stereocenters. The standard InChI is InChI=1S/C23H34BNO7/c1-21(2,3)30-20(27)25-14-17(24-31-22(4,5)23(6,7)32-24)13-16-9-11-18(12-10-16)29-15-19(26)28-8/h9-13H,14-15H2,1-8H3,(H,25,27). The van der Waals surface area contributed by atoms with Crippen molar-refractivity contribution < 1.29 is 33.1 Å². The molecule has 1 fully saturated rings. The van der Waals surface area contributed by atoms with E-state index < -0.39 is 36.0 Å². The van der Waals surface area contributed by atoms with Crippen LogP contribution in [0, 0.1) is 0 Å². The van der Waals surface area contributed by atoms with Crippen LogP contribution in [0.25, 0.3) is 6.08 Å². The van der Waals surface area contributed by atoms with Gasteiger partial charge in [-0.2, -0.15) is 0 Å². The van der Waals surface area contributed by atoms with E-state index >= 15 is 0 Å². The predicted octanol–water partition coefficient (Wildman–Crippen LogP) is 3.78. The second-order valence-electron chi connectivity index (χ2n) is 9.60. The van der Waals surface area contributed by atoms with Crippen LogP contribution in [0.4, 0.5) is 4.79 Å². The first-order valence-corrected chi connectivity index (χ1v) is 10.5. The van der Waals surface area contributed by atoms with Crippen LogP contribution in [-0.4, -0.2) is 56.2 Å². The molecule has 176 valence electrons. The maximum absolute atomic E-state index is 12.2. The van der Waals surface area contributed by atoms with E-state index in [1.165, 1.54) is 7.11 Å². The van der Waals surface area contributed by atoms with Crippen molar-refractivity contribution in [3.8, 4) is 5.75 Å². The van der Waals surface area contributed by atoms with Crippen LogP contribution >= 0.6 is 0 Å². The van der Waals surface area contributed by atoms with Gasteiger partial charge in [0.05, 0.1) is 18.3 Å². The Hall–Kier alpha value is -2.52. The molecule has 0 bridgehead atoms. The number of ether oxygens (including phenoxy) is 3. The Morgan fingerprint density at radius 2 is 1.62 bits per heavy atom. The molecule has 1 saturated heterocycles. The van der Waals surface area contributed by atoms with Gasteiger partial charge in [0.25, 0.3) is 0 Å². The molecular weight excluding hydrogens is 413 g/mol. The molecule has 0 aromatic heterocycles. The van der Waals surface area contributed by atoms with Gasteiger partial charge in [-0.25, -0.2) is 9.59 Å². The highest BCUT2D eigenvalue weighted by Crippen LogP contribution is 2.38. The highest BCUT2D eigenvalue weighted by atomic mass is 16.7. The highest BCUT2D eigenvalue weighted by Gasteiger charge is 2.52. The third kappa shape index (κ3) is 7.27. The monoisotopic (exact) mass is 447 g/mol. The van der Waals surface area contributed by atoms with Gasteiger partial charge in [-0.1, -0.05) is 18.2 Å². The zero-order chi connectivity index (χ0) is 24.2. The molecule has 0 spiro atoms. The minimum atomic E-state index is -0.634. The third-order valence-electron chi connectivity index (χ3n) is 5.21. The van der Waals surface area contributed by atoms with Crippen LogP contribution < -0.4 is 10.1 Å². The largest absolute Gasteiger partial charge is 0.492 e. The number of hydrogen-bond donors (Lipinski definition) is 1. The van der Waals surface area contributed by atoms with Gasteiger partial charge in [-0.05, 0) is 71.6 Å². The summed E-state index contributed by atoms with van der Waals surface area (Å²) in [5.74, 6) is 0.0850. The average molecular weight is 447 g/mol. The van der Waals surface area contributed by atoms with Crippen LogP contribution in [0.15, 0.2) is 29.7 Å². The summed E-state index contributed by atoms with van der Waals surface area (Å²) in [6.45, 7) is 13.3. The predicted molar refractivity (Wildman–Crippen MR) is 122 cm³/mol. The molecule has 0 saturated carbocycles. The number of hydrogen-bond acceptors (Lipinski definition) is 7. The maximum Gasteiger partial charge on any atom is 0.492 e. The van der Waals surface area contributed by atoms with Crippen molar-refractivity contribution in [3.63, 3.8) is 0 Å². The fourth-order valence-corrected chi connectivity index (χ4v) is 2.76. The molecular formula is C23H34BNO7. The van der Waals surface area contributed by atoms with Crippen LogP contribution in [0.5, 0.6) is 5.75 Å². The number of alkyl carbamates (subject to hydrolysis) is 1. The highest BCUT2D eigenvalue weighted by molar-refractivity contribution is 6.56. The minimum Gasteiger partial charge on any atom is -0.482 e. The first-order chi connectivity index (χ1) is 14.7. The Morgan fingerprint density at radius 3 is 2.12 bits per heavy atom. The number of esters is 1. The summed E-state index contributed by atoms with van der Waals surface area (Å²) in [5.41, 5.74) is -0.0511. The van der Waals surface area contributed by atoms with Crippen molar-refractivity contribution in [1.82, 2.24) is 5.32 Å². The number of carbonyl (C=O) groups is 2. The molecule has 1 aromatic rings. The molecule has 0 radical (unpaired) electrons. The Balaban J connectivity index is 2.19. The van der Waals surface area contributed by atoms with E-state index in [9.17, 15) is 9.59 Å². The van der Waals surface area contributed by atoms with Crippen molar-refractivity contribution in [2.75, 3.05) is 20.3 Å². The van der Waals surface area contributed by atoms with Gasteiger partial charge in [0, 0.05) is 6.54 Å². The SMILES string of the molecule is COC(=O)COc1ccc(C=C(CNC(=O)OC(C)(C)C)B2OC(C)(C)C(C)(C)O2)cc1. The van der Waals surface area contributed by atoms with E-state index in [-0.39, 0.29) is 13.2 Å². The van der Waals surface area contributed by atoms with Gasteiger partial charge in [0.1, 0.15) is 11.4 Å². The number of nitrogens with one attached hydrogen (secondary N) is 1. The Kier molecular flexibility index (Phi) is 8.01. The maximum atomic E-state index is 12.2. The van der Waals surface area contributed by atoms with Crippen molar-refractivity contribution in [2.24, 2.45) is 0 Å². The van der Waals surface area contributed by atoms with E-state index in [0.717, 1.165) is 11.0 Å². The first kappa shape index (κ1) is 25.7. The zero-order valence-electron chi connectivity index (χ0n) is 20.2. The van der Waals surface area contributed by atoms with Crippen molar-refractivity contribution in [3.05, 3.63) is 35.3 Å². The van der Waals surface area contributed by atoms with Crippen molar-refractivity contribution >= 4 is 25.3 Å². The Labute approximate surface area is 190 Å². The first-order valence-electron chi connectivity index (χ1n) is 10.5. The Bertz CT molecular complexity index is 825. The van der Waals surface area contributed by atoms with Crippen LogP contribution in [0.1, 0.15) is 54.0 Å². The average Bonchev–Trinajstić information content (AvgIpc) is 2.89. The molecule has 9 heteroatoms. The quantitative estimate of drug-likeness (QED) is 0.502. The number of amides is 1. The molecule has 0 atom stereocenters. The Morgan fingerprint density at radius 1 is 1.06 bits per heavy atom. The van der Waals surface area contributed by atoms with Crippen LogP contribution in [0.3, 0.4) is 0 Å². The second kappa shape index (κ2) is 9.96. The fourth-order valence-electron chi connectivity index (χ4n) is 2.76. The van der Waals surface area contributed by atoms with E-state index in [2.05, 4.69) is 10.1 Å². The summed E-state index contributed by atoms with van der Waals surface area (Å²) < 4.78 is 27.6. The number of methoxy groups -OCH3 is 1. The van der Waals surface area contributed by atoms with E-state index in [0.29, 0.717) is 5.75 Å². The van der Waals surface area contributed by atoms with Crippen LogP contribution in [-0.2, 0) is 23.6 Å². The lowest BCUT2D eigenvalue weighted by atomic mass is 9.77. The summed E-state index contributed by atoms with van der Waals surface area (Å²) in [6, 6.07) is 7.17. The van der Waals surface area contributed by atoms with Gasteiger partial charge in [0.15, 0.2) is 6.61 Å². The molecule has 1 amide bonds. The van der Waals surface area contributed by atoms with Crippen LogP contribution in [0.2, 0.25) is 0 Å². The lowest BCUT2D eigenvalue weighted by Crippen LogP contribution is -2.41. The lowest BCUT2D eigenvalue weighted by molar-refractivity contribution is -0.142. The zero-order valence-corrected chi connectivity index (χ0v) is 20.2. The number of rotatable bonds is 7. The summed E-state index contributed by atoms with van der Waals surface area (Å²) in [7, 11) is 0.674. The van der Waals surface area contributed by atoms with E-state index in [1.807, 2.05) is 45.9 Å². The number of carbonyl (C=O) groups excluding carboxylic acids is 2. The summed E-state index contributed by atoms with van der Waals surface area (Å²) in [6.07, 6.45) is 1.37. The second-order valence-corrected chi connectivity index (χ2v) is 9.60. The molecule has 0 aliphatic carbocycles. The molecule has 2 rings (SSSR count). The molecule has 1 aliphatic heterocycles. The normalized spacial score (nSPS) is 17.6. The topological polar surface area (TPSA) is 92.3 Å². The fraction of sp³-hybridized carbons (Fsp3) is 0.565. The van der Waals surface area contributed by atoms with Gasteiger partial charge in [0.2, 0.25) is 0 Å². The summed E-state index contributed by atoms with van der Waals surface area (Å²) in [5, 5.41) is 2.78. The molecule has 8 nitrogen and oxygen atoms in total. The van der Waals surface area contributed by atoms with Crippen molar-refractivity contribution in [2.45, 2.75) is 65.3 Å². The van der Waals surface area contributed by atoms with E-state index in [4.69, 9.17) is 18.8 Å². The molecule has 1 N–H and O–H groups in total. The van der Waals surface area contributed by atoms with Gasteiger partial charge < -0.3 is 28.8 Å². The third-order valence-corrected chi connectivity index (χ3v) is 5.21. The molecule has 1 aromatic carbocycles. The van der Waals surface area contributed by atoms with E-state index in [1.54, 1.807) is 32.9 Å². The molecule has 1 aliphatic rings. The van der Waals surface area contributed by atoms with Crippen molar-refractivity contribution in [1.29, 1.82) is 0 Å². The molecule has 1 heterocycles. The minimum absolute atomic E-state index is 0.162. The van der Waals surface area contributed by atoms with Gasteiger partial charge >= 0.3 is 19.2 Å².